The second kappa shape index (κ2) is 5.83. The van der Waals surface area contributed by atoms with Crippen LogP contribution in [0.15, 0.2) is 12.1 Å². The van der Waals surface area contributed by atoms with Crippen LogP contribution in [-0.2, 0) is 4.74 Å². The topological polar surface area (TPSA) is 106 Å². The van der Waals surface area contributed by atoms with Gasteiger partial charge in [-0.3, -0.25) is 10.1 Å². The molecule has 1 saturated heterocycles. The maximum atomic E-state index is 11.1. The summed E-state index contributed by atoms with van der Waals surface area (Å²) in [5.41, 5.74) is -0.395. The van der Waals surface area contributed by atoms with Crippen LogP contribution in [0.2, 0.25) is 0 Å². The first-order valence-corrected chi connectivity index (χ1v) is 6.20. The molecule has 1 aliphatic rings. The zero-order valence-electron chi connectivity index (χ0n) is 11.0. The number of nitrogens with zero attached hydrogens (tertiary/aromatic N) is 3. The fourth-order valence-electron chi connectivity index (χ4n) is 2.21. The van der Waals surface area contributed by atoms with Gasteiger partial charge in [-0.05, 0) is 18.9 Å². The number of carbonyl (C=O) groups is 1. The highest BCUT2D eigenvalue weighted by Crippen LogP contribution is 2.29. The molecule has 0 spiro atoms. The van der Waals surface area contributed by atoms with Crippen LogP contribution in [0, 0.1) is 10.1 Å². The minimum atomic E-state index is -1.21. The molecule has 1 aromatic heterocycles. The van der Waals surface area contributed by atoms with Crippen molar-refractivity contribution >= 4 is 17.5 Å². The summed E-state index contributed by atoms with van der Waals surface area (Å²) in [6, 6.07) is 2.38. The van der Waals surface area contributed by atoms with Crippen molar-refractivity contribution in [2.45, 2.75) is 18.9 Å². The molecule has 0 amide bonds. The highest BCUT2D eigenvalue weighted by molar-refractivity contribution is 5.86. The molecule has 0 saturated carbocycles. The van der Waals surface area contributed by atoms with Crippen LogP contribution in [0.5, 0.6) is 0 Å². The Morgan fingerprint density at radius 1 is 1.50 bits per heavy atom. The number of ether oxygens (including phenoxy) is 1. The van der Waals surface area contributed by atoms with E-state index in [1.165, 1.54) is 6.07 Å². The molecule has 0 unspecified atom stereocenters. The van der Waals surface area contributed by atoms with Crippen molar-refractivity contribution in [1.82, 2.24) is 4.98 Å². The highest BCUT2D eigenvalue weighted by atomic mass is 16.6. The molecule has 1 N–H and O–H groups in total. The normalized spacial score (nSPS) is 15.8. The number of rotatable bonds is 4. The van der Waals surface area contributed by atoms with Crippen LogP contribution in [-0.4, -0.2) is 47.3 Å². The SMILES string of the molecule is CN(c1nc(C(=O)O)ccc1[N+](=O)[O-])C1CCOCC1. The monoisotopic (exact) mass is 281 g/mol. The lowest BCUT2D eigenvalue weighted by atomic mass is 10.1. The van der Waals surface area contributed by atoms with Gasteiger partial charge in [0.15, 0.2) is 5.69 Å². The zero-order valence-corrected chi connectivity index (χ0v) is 11.0. The Morgan fingerprint density at radius 3 is 2.70 bits per heavy atom. The lowest BCUT2D eigenvalue weighted by Crippen LogP contribution is -2.37. The van der Waals surface area contributed by atoms with Crippen molar-refractivity contribution in [3.8, 4) is 0 Å². The van der Waals surface area contributed by atoms with Gasteiger partial charge in [-0.2, -0.15) is 0 Å². The molecule has 1 aromatic rings. The lowest BCUT2D eigenvalue weighted by molar-refractivity contribution is -0.384. The molecule has 0 bridgehead atoms. The molecular formula is C12H15N3O5. The summed E-state index contributed by atoms with van der Waals surface area (Å²) in [5.74, 6) is -1.12. The van der Waals surface area contributed by atoms with Crippen LogP contribution >= 0.6 is 0 Å². The fraction of sp³-hybridized carbons (Fsp3) is 0.500. The van der Waals surface area contributed by atoms with E-state index >= 15 is 0 Å². The molecule has 1 fully saturated rings. The third-order valence-electron chi connectivity index (χ3n) is 3.34. The van der Waals surface area contributed by atoms with Crippen LogP contribution in [0.4, 0.5) is 11.5 Å². The van der Waals surface area contributed by atoms with Gasteiger partial charge < -0.3 is 14.7 Å². The molecule has 0 radical (unpaired) electrons. The van der Waals surface area contributed by atoms with Crippen molar-refractivity contribution in [2.75, 3.05) is 25.2 Å². The summed E-state index contributed by atoms with van der Waals surface area (Å²) < 4.78 is 5.25. The van der Waals surface area contributed by atoms with Gasteiger partial charge in [0.1, 0.15) is 0 Å². The quantitative estimate of drug-likeness (QED) is 0.654. The van der Waals surface area contributed by atoms with Gasteiger partial charge in [0.25, 0.3) is 0 Å². The van der Waals surface area contributed by atoms with E-state index in [0.717, 1.165) is 18.9 Å². The Morgan fingerprint density at radius 2 is 2.15 bits per heavy atom. The summed E-state index contributed by atoms with van der Waals surface area (Å²) in [6.07, 6.45) is 1.46. The van der Waals surface area contributed by atoms with E-state index in [9.17, 15) is 14.9 Å². The lowest BCUT2D eigenvalue weighted by Gasteiger charge is -2.31. The standard InChI is InChI=1S/C12H15N3O5/c1-14(8-4-6-20-7-5-8)11-10(15(18)19)3-2-9(13-11)12(16)17/h2-3,8H,4-7H2,1H3,(H,16,17). The van der Waals surface area contributed by atoms with E-state index < -0.39 is 10.9 Å². The maximum Gasteiger partial charge on any atom is 0.354 e. The largest absolute Gasteiger partial charge is 0.477 e. The molecule has 0 aromatic carbocycles. The van der Waals surface area contributed by atoms with Crippen LogP contribution in [0.1, 0.15) is 23.3 Å². The molecule has 2 heterocycles. The average Bonchev–Trinajstić information content (AvgIpc) is 2.46. The Balaban J connectivity index is 2.37. The fourth-order valence-corrected chi connectivity index (χ4v) is 2.21. The average molecular weight is 281 g/mol. The molecule has 108 valence electrons. The van der Waals surface area contributed by atoms with Crippen molar-refractivity contribution in [3.63, 3.8) is 0 Å². The Labute approximate surface area is 115 Å². The summed E-state index contributed by atoms with van der Waals surface area (Å²) in [7, 11) is 1.69. The summed E-state index contributed by atoms with van der Waals surface area (Å²) in [6.45, 7) is 1.17. The van der Waals surface area contributed by atoms with E-state index in [2.05, 4.69) is 4.98 Å². The molecule has 1 aliphatic heterocycles. The number of carboxylic acid groups (broad SMARTS) is 1. The number of carboxylic acids is 1. The predicted molar refractivity (Wildman–Crippen MR) is 70.1 cm³/mol. The number of aromatic carboxylic acids is 1. The van der Waals surface area contributed by atoms with Crippen molar-refractivity contribution in [3.05, 3.63) is 27.9 Å². The van der Waals surface area contributed by atoms with Gasteiger partial charge in [-0.1, -0.05) is 0 Å². The number of anilines is 1. The van der Waals surface area contributed by atoms with Crippen molar-refractivity contribution < 1.29 is 19.6 Å². The first kappa shape index (κ1) is 14.2. The Hall–Kier alpha value is -2.22. The second-order valence-corrected chi connectivity index (χ2v) is 4.56. The Bertz CT molecular complexity index is 528. The number of hydrogen-bond acceptors (Lipinski definition) is 6. The van der Waals surface area contributed by atoms with E-state index in [1.54, 1.807) is 11.9 Å². The van der Waals surface area contributed by atoms with Crippen LogP contribution in [0.3, 0.4) is 0 Å². The molecule has 20 heavy (non-hydrogen) atoms. The van der Waals surface area contributed by atoms with Crippen molar-refractivity contribution in [2.24, 2.45) is 0 Å². The van der Waals surface area contributed by atoms with Crippen LogP contribution in [0.25, 0.3) is 0 Å². The van der Waals surface area contributed by atoms with Gasteiger partial charge in [0.2, 0.25) is 5.82 Å². The highest BCUT2D eigenvalue weighted by Gasteiger charge is 2.27. The van der Waals surface area contributed by atoms with E-state index in [4.69, 9.17) is 9.84 Å². The first-order valence-electron chi connectivity index (χ1n) is 6.20. The molecule has 8 heteroatoms. The number of nitro groups is 1. The summed E-state index contributed by atoms with van der Waals surface area (Å²) in [4.78, 5) is 27.1. The van der Waals surface area contributed by atoms with Gasteiger partial charge in [0.05, 0.1) is 4.92 Å². The smallest absolute Gasteiger partial charge is 0.354 e. The van der Waals surface area contributed by atoms with Gasteiger partial charge in [-0.15, -0.1) is 0 Å². The third-order valence-corrected chi connectivity index (χ3v) is 3.34. The van der Waals surface area contributed by atoms with Gasteiger partial charge >= 0.3 is 11.7 Å². The first-order chi connectivity index (χ1) is 9.50. The summed E-state index contributed by atoms with van der Waals surface area (Å²) in [5, 5.41) is 20.0. The third kappa shape index (κ3) is 2.85. The number of aromatic nitrogens is 1. The molecular weight excluding hydrogens is 266 g/mol. The van der Waals surface area contributed by atoms with E-state index in [0.29, 0.717) is 13.2 Å². The van der Waals surface area contributed by atoms with E-state index in [1.807, 2.05) is 0 Å². The molecule has 0 atom stereocenters. The summed E-state index contributed by atoms with van der Waals surface area (Å²) >= 11 is 0. The Kier molecular flexibility index (Phi) is 4.14. The zero-order chi connectivity index (χ0) is 14.7. The predicted octanol–water partition coefficient (Wildman–Crippen LogP) is 1.30. The maximum absolute atomic E-state index is 11.1. The minimum Gasteiger partial charge on any atom is -0.477 e. The minimum absolute atomic E-state index is 0.0546. The van der Waals surface area contributed by atoms with E-state index in [-0.39, 0.29) is 23.2 Å². The van der Waals surface area contributed by atoms with Crippen molar-refractivity contribution in [1.29, 1.82) is 0 Å². The molecule has 2 rings (SSSR count). The number of hydrogen-bond donors (Lipinski definition) is 1. The molecule has 8 nitrogen and oxygen atoms in total. The van der Waals surface area contributed by atoms with Crippen LogP contribution < -0.4 is 4.90 Å². The van der Waals surface area contributed by atoms with Gasteiger partial charge in [0, 0.05) is 32.4 Å². The number of pyridine rings is 1. The van der Waals surface area contributed by atoms with Gasteiger partial charge in [-0.25, -0.2) is 9.78 Å². The molecule has 0 aliphatic carbocycles. The second-order valence-electron chi connectivity index (χ2n) is 4.56.